The summed E-state index contributed by atoms with van der Waals surface area (Å²) in [7, 11) is 3.31. The van der Waals surface area contributed by atoms with Crippen LogP contribution in [0, 0.1) is 0 Å². The number of nitrogens with two attached hydrogens (primary N) is 1. The normalized spacial score (nSPS) is 11.8. The Labute approximate surface area is 211 Å². The predicted octanol–water partition coefficient (Wildman–Crippen LogP) is 3.52. The van der Waals surface area contributed by atoms with Crippen molar-refractivity contribution in [3.8, 4) is 17.3 Å². The van der Waals surface area contributed by atoms with Gasteiger partial charge >= 0.3 is 0 Å². The number of methoxy groups -OCH3 is 1. The zero-order chi connectivity index (χ0) is 25.8. The number of aromatic nitrogens is 5. The molecule has 0 aliphatic carbocycles. The van der Waals surface area contributed by atoms with Crippen LogP contribution in [0.25, 0.3) is 33.2 Å². The van der Waals surface area contributed by atoms with E-state index in [9.17, 15) is 4.79 Å². The Hall–Kier alpha value is -5.32. The molecule has 11 nitrogen and oxygen atoms in total. The van der Waals surface area contributed by atoms with E-state index in [2.05, 4.69) is 41.1 Å². The lowest BCUT2D eigenvalue weighted by Crippen LogP contribution is -2.23. The Morgan fingerprint density at radius 1 is 1.05 bits per heavy atom. The number of fused-ring (bicyclic) bond motifs is 2. The van der Waals surface area contributed by atoms with Crippen molar-refractivity contribution in [2.45, 2.75) is 0 Å². The van der Waals surface area contributed by atoms with Gasteiger partial charge in [0.2, 0.25) is 5.88 Å². The molecular weight excluding hydrogens is 470 g/mol. The maximum absolute atomic E-state index is 12.7. The minimum atomic E-state index is -0.311. The first-order chi connectivity index (χ1) is 18.1. The molecule has 0 radical (unpaired) electrons. The molecule has 0 unspecified atom stereocenters. The van der Waals surface area contributed by atoms with Crippen LogP contribution in [-0.2, 0) is 0 Å². The van der Waals surface area contributed by atoms with Crippen molar-refractivity contribution < 1.29 is 9.53 Å². The van der Waals surface area contributed by atoms with E-state index in [1.807, 2.05) is 36.4 Å². The number of rotatable bonds is 8. The quantitative estimate of drug-likeness (QED) is 0.178. The molecule has 0 bridgehead atoms. The van der Waals surface area contributed by atoms with Crippen molar-refractivity contribution in [3.05, 3.63) is 84.6 Å². The fourth-order valence-corrected chi connectivity index (χ4v) is 3.79. The number of aromatic amines is 2. The Morgan fingerprint density at radius 3 is 2.76 bits per heavy atom. The highest BCUT2D eigenvalue weighted by Crippen LogP contribution is 2.27. The third-order valence-corrected chi connectivity index (χ3v) is 5.62. The van der Waals surface area contributed by atoms with Gasteiger partial charge in [-0.05, 0) is 42.6 Å². The Balaban J connectivity index is 1.42. The highest BCUT2D eigenvalue weighted by atomic mass is 16.5. The molecule has 0 saturated carbocycles. The predicted molar refractivity (Wildman–Crippen MR) is 143 cm³/mol. The monoisotopic (exact) mass is 495 g/mol. The van der Waals surface area contributed by atoms with Crippen molar-refractivity contribution in [1.29, 1.82) is 0 Å². The van der Waals surface area contributed by atoms with E-state index in [1.54, 1.807) is 44.8 Å². The van der Waals surface area contributed by atoms with Crippen LogP contribution in [0.2, 0.25) is 0 Å². The van der Waals surface area contributed by atoms with Gasteiger partial charge in [0.05, 0.1) is 24.5 Å². The molecule has 7 N–H and O–H groups in total. The second kappa shape index (κ2) is 10.1. The number of allylic oxidation sites excluding steroid dienone is 1. The van der Waals surface area contributed by atoms with Gasteiger partial charge in [-0.25, -0.2) is 4.98 Å². The number of benzene rings is 2. The van der Waals surface area contributed by atoms with Gasteiger partial charge in [-0.15, -0.1) is 0 Å². The van der Waals surface area contributed by atoms with Gasteiger partial charge in [0.1, 0.15) is 11.5 Å². The van der Waals surface area contributed by atoms with Crippen LogP contribution < -0.4 is 26.4 Å². The molecule has 0 fully saturated rings. The average molecular weight is 496 g/mol. The van der Waals surface area contributed by atoms with Crippen LogP contribution in [0.4, 0.5) is 11.5 Å². The van der Waals surface area contributed by atoms with E-state index >= 15 is 0 Å². The number of H-pyrrole nitrogens is 2. The molecule has 3 heterocycles. The van der Waals surface area contributed by atoms with Crippen LogP contribution >= 0.6 is 0 Å². The van der Waals surface area contributed by atoms with Crippen LogP contribution in [-0.4, -0.2) is 45.2 Å². The smallest absolute Gasteiger partial charge is 0.272 e. The molecule has 11 heteroatoms. The molecular formula is C26H25N9O2. The molecule has 5 rings (SSSR count). The van der Waals surface area contributed by atoms with E-state index in [1.165, 1.54) is 6.20 Å². The Kier molecular flexibility index (Phi) is 6.41. The topological polar surface area (TPSA) is 159 Å². The van der Waals surface area contributed by atoms with Gasteiger partial charge < -0.3 is 31.4 Å². The van der Waals surface area contributed by atoms with Crippen molar-refractivity contribution in [1.82, 2.24) is 35.8 Å². The molecule has 37 heavy (non-hydrogen) atoms. The molecule has 186 valence electrons. The van der Waals surface area contributed by atoms with Gasteiger partial charge in [-0.2, -0.15) is 10.1 Å². The summed E-state index contributed by atoms with van der Waals surface area (Å²) in [5.74, 6) is 1.15. The van der Waals surface area contributed by atoms with E-state index in [4.69, 9.17) is 10.5 Å². The summed E-state index contributed by atoms with van der Waals surface area (Å²) in [6.07, 6.45) is 6.42. The minimum absolute atomic E-state index is 0.311. The largest absolute Gasteiger partial charge is 0.481 e. The lowest BCUT2D eigenvalue weighted by molar-refractivity contribution is 0.0963. The summed E-state index contributed by atoms with van der Waals surface area (Å²) >= 11 is 0. The minimum Gasteiger partial charge on any atom is -0.481 e. The third-order valence-electron chi connectivity index (χ3n) is 5.62. The summed E-state index contributed by atoms with van der Waals surface area (Å²) in [4.78, 5) is 25.1. The first-order valence-electron chi connectivity index (χ1n) is 11.4. The van der Waals surface area contributed by atoms with Crippen LogP contribution in [0.1, 0.15) is 10.5 Å². The molecule has 0 aliphatic rings. The summed E-state index contributed by atoms with van der Waals surface area (Å²) in [6, 6.07) is 15.1. The second-order valence-corrected chi connectivity index (χ2v) is 8.10. The average Bonchev–Trinajstić information content (AvgIpc) is 3.57. The molecule has 5 aromatic rings. The number of hydrogen-bond acceptors (Lipinski definition) is 8. The van der Waals surface area contributed by atoms with E-state index < -0.39 is 0 Å². The van der Waals surface area contributed by atoms with Crippen molar-refractivity contribution in [2.24, 2.45) is 5.73 Å². The van der Waals surface area contributed by atoms with Gasteiger partial charge in [-0.3, -0.25) is 9.89 Å². The molecule has 2 aromatic carbocycles. The molecule has 0 aliphatic heterocycles. The fraction of sp³-hybridized carbons (Fsp3) is 0.0769. The number of ether oxygens (including phenoxy) is 1. The fourth-order valence-electron chi connectivity index (χ4n) is 3.79. The number of carbonyl (C=O) groups excluding carboxylic acids is 1. The van der Waals surface area contributed by atoms with Gasteiger partial charge in [0, 0.05) is 46.9 Å². The lowest BCUT2D eigenvalue weighted by atomic mass is 10.1. The highest BCUT2D eigenvalue weighted by Gasteiger charge is 2.13. The van der Waals surface area contributed by atoms with Gasteiger partial charge in [-0.1, -0.05) is 12.1 Å². The maximum Gasteiger partial charge on any atom is 0.272 e. The number of anilines is 2. The number of hydrogen-bond donors (Lipinski definition) is 6. The Morgan fingerprint density at radius 2 is 1.95 bits per heavy atom. The molecule has 0 spiro atoms. The number of amides is 1. The molecule has 3 aromatic heterocycles. The Bertz CT molecular complexity index is 1650. The zero-order valence-electron chi connectivity index (χ0n) is 20.2. The maximum atomic E-state index is 12.7. The van der Waals surface area contributed by atoms with Crippen LogP contribution in [0.5, 0.6) is 5.88 Å². The van der Waals surface area contributed by atoms with E-state index in [0.717, 1.165) is 33.1 Å². The number of carbonyl (C=O) groups is 1. The van der Waals surface area contributed by atoms with E-state index in [0.29, 0.717) is 28.9 Å². The van der Waals surface area contributed by atoms with Crippen molar-refractivity contribution in [3.63, 3.8) is 0 Å². The molecule has 0 atom stereocenters. The van der Waals surface area contributed by atoms with Crippen LogP contribution in [0.15, 0.2) is 78.9 Å². The van der Waals surface area contributed by atoms with Crippen molar-refractivity contribution >= 4 is 39.2 Å². The summed E-state index contributed by atoms with van der Waals surface area (Å²) < 4.78 is 5.42. The number of nitrogens with zero attached hydrogens (tertiary/aromatic N) is 3. The first-order valence-corrected chi connectivity index (χ1v) is 11.4. The molecule has 1 amide bonds. The molecule has 0 saturated heterocycles. The second-order valence-electron chi connectivity index (χ2n) is 8.10. The summed E-state index contributed by atoms with van der Waals surface area (Å²) in [6.45, 7) is 0. The SMILES string of the molecule is CN/C=C\C(=C/N)NC(=O)c1cc2ccc(-c3nc(Nc4ccc5[nH]ncc5c4)cc(OC)n3)cc2[nH]1. The summed E-state index contributed by atoms with van der Waals surface area (Å²) in [5.41, 5.74) is 9.79. The number of nitrogens with one attached hydrogen (secondary N) is 5. The van der Waals surface area contributed by atoms with Crippen LogP contribution in [0.3, 0.4) is 0 Å². The first kappa shape index (κ1) is 23.4. The van der Waals surface area contributed by atoms with Gasteiger partial charge in [0.15, 0.2) is 5.82 Å². The third kappa shape index (κ3) is 5.05. The van der Waals surface area contributed by atoms with Crippen molar-refractivity contribution in [2.75, 3.05) is 19.5 Å². The van der Waals surface area contributed by atoms with E-state index in [-0.39, 0.29) is 5.91 Å². The lowest BCUT2D eigenvalue weighted by Gasteiger charge is -2.10. The highest BCUT2D eigenvalue weighted by molar-refractivity contribution is 5.99. The zero-order valence-corrected chi connectivity index (χ0v) is 20.2. The van der Waals surface area contributed by atoms with Gasteiger partial charge in [0.25, 0.3) is 5.91 Å². The standard InChI is InChI=1S/C26H25N9O2/c1-28-8-7-19(13-27)31-26(36)22-10-15-3-4-16(11-21(15)32-22)25-33-23(12-24(34-25)37-2)30-18-5-6-20-17(9-18)14-29-35-20/h3-14,28,32H,27H2,1-2H3,(H,29,35)(H,31,36)(H,30,33,34)/b8-7-,19-13+. The summed E-state index contributed by atoms with van der Waals surface area (Å²) in [5, 5.41) is 17.8.